The van der Waals surface area contributed by atoms with Crippen molar-refractivity contribution in [2.24, 2.45) is 5.73 Å². The highest BCUT2D eigenvalue weighted by Gasteiger charge is 2.13. The SMILES string of the molecule is CCCCCOc1cc(N)c(C(N)=O)cc1OC. The van der Waals surface area contributed by atoms with Crippen molar-refractivity contribution in [2.75, 3.05) is 19.5 Å². The number of ether oxygens (including phenoxy) is 2. The lowest BCUT2D eigenvalue weighted by Gasteiger charge is -2.13. The second-order valence-electron chi connectivity index (χ2n) is 4.01. The van der Waals surface area contributed by atoms with E-state index in [2.05, 4.69) is 6.92 Å². The van der Waals surface area contributed by atoms with Crippen LogP contribution in [0, 0.1) is 0 Å². The fraction of sp³-hybridized carbons (Fsp3) is 0.462. The highest BCUT2D eigenvalue weighted by molar-refractivity contribution is 5.98. The number of nitrogens with two attached hydrogens (primary N) is 2. The third-order valence-corrected chi connectivity index (χ3v) is 2.61. The molecule has 18 heavy (non-hydrogen) atoms. The average Bonchev–Trinajstić information content (AvgIpc) is 2.34. The van der Waals surface area contributed by atoms with Gasteiger partial charge in [0, 0.05) is 11.8 Å². The maximum atomic E-state index is 11.1. The van der Waals surface area contributed by atoms with E-state index in [0.29, 0.717) is 23.8 Å². The zero-order valence-corrected chi connectivity index (χ0v) is 10.9. The predicted molar refractivity (Wildman–Crippen MR) is 70.9 cm³/mol. The molecule has 0 saturated heterocycles. The molecule has 0 aromatic heterocycles. The Balaban J connectivity index is 2.84. The molecule has 0 aliphatic carbocycles. The number of benzene rings is 1. The summed E-state index contributed by atoms with van der Waals surface area (Å²) >= 11 is 0. The van der Waals surface area contributed by atoms with E-state index in [0.717, 1.165) is 19.3 Å². The smallest absolute Gasteiger partial charge is 0.250 e. The Bertz CT molecular complexity index is 419. The van der Waals surface area contributed by atoms with Crippen molar-refractivity contribution in [3.05, 3.63) is 17.7 Å². The number of carbonyl (C=O) groups is 1. The van der Waals surface area contributed by atoms with Gasteiger partial charge < -0.3 is 20.9 Å². The summed E-state index contributed by atoms with van der Waals surface area (Å²) in [5.41, 5.74) is 11.5. The Kier molecular flexibility index (Phi) is 5.30. The Morgan fingerprint density at radius 2 is 2.00 bits per heavy atom. The van der Waals surface area contributed by atoms with Crippen molar-refractivity contribution < 1.29 is 14.3 Å². The molecule has 0 heterocycles. The van der Waals surface area contributed by atoms with Crippen LogP contribution in [0.15, 0.2) is 12.1 Å². The largest absolute Gasteiger partial charge is 0.493 e. The van der Waals surface area contributed by atoms with Gasteiger partial charge in [0.25, 0.3) is 5.91 Å². The fourth-order valence-corrected chi connectivity index (χ4v) is 1.60. The lowest BCUT2D eigenvalue weighted by atomic mass is 10.1. The maximum absolute atomic E-state index is 11.1. The van der Waals surface area contributed by atoms with Crippen molar-refractivity contribution in [3.63, 3.8) is 0 Å². The first-order chi connectivity index (χ1) is 8.60. The first kappa shape index (κ1) is 14.2. The maximum Gasteiger partial charge on any atom is 0.250 e. The van der Waals surface area contributed by atoms with Gasteiger partial charge in [-0.3, -0.25) is 4.79 Å². The van der Waals surface area contributed by atoms with Crippen molar-refractivity contribution in [1.29, 1.82) is 0 Å². The quantitative estimate of drug-likeness (QED) is 0.573. The second-order valence-corrected chi connectivity index (χ2v) is 4.01. The normalized spacial score (nSPS) is 10.1. The van der Waals surface area contributed by atoms with Crippen LogP contribution in [-0.2, 0) is 0 Å². The molecule has 1 aromatic rings. The topological polar surface area (TPSA) is 87.6 Å². The molecule has 0 atom stereocenters. The first-order valence-electron chi connectivity index (χ1n) is 6.00. The van der Waals surface area contributed by atoms with E-state index in [1.54, 1.807) is 6.07 Å². The molecule has 5 nitrogen and oxygen atoms in total. The zero-order valence-electron chi connectivity index (χ0n) is 10.9. The molecule has 1 amide bonds. The number of rotatable bonds is 7. The van der Waals surface area contributed by atoms with Crippen molar-refractivity contribution >= 4 is 11.6 Å². The van der Waals surface area contributed by atoms with E-state index in [1.807, 2.05) is 0 Å². The third kappa shape index (κ3) is 3.55. The number of hydrogen-bond donors (Lipinski definition) is 2. The Morgan fingerprint density at radius 1 is 1.28 bits per heavy atom. The van der Waals surface area contributed by atoms with Crippen LogP contribution in [-0.4, -0.2) is 19.6 Å². The van der Waals surface area contributed by atoms with Gasteiger partial charge in [-0.25, -0.2) is 0 Å². The monoisotopic (exact) mass is 252 g/mol. The van der Waals surface area contributed by atoms with E-state index >= 15 is 0 Å². The predicted octanol–water partition coefficient (Wildman–Crippen LogP) is 1.95. The van der Waals surface area contributed by atoms with Crippen LogP contribution in [0.4, 0.5) is 5.69 Å². The van der Waals surface area contributed by atoms with Gasteiger partial charge in [-0.15, -0.1) is 0 Å². The lowest BCUT2D eigenvalue weighted by Crippen LogP contribution is -2.14. The Labute approximate surface area is 107 Å². The molecule has 5 heteroatoms. The minimum Gasteiger partial charge on any atom is -0.493 e. The number of unbranched alkanes of at least 4 members (excludes halogenated alkanes) is 2. The van der Waals surface area contributed by atoms with Crippen molar-refractivity contribution in [3.8, 4) is 11.5 Å². The highest BCUT2D eigenvalue weighted by atomic mass is 16.5. The molecule has 0 aliphatic heterocycles. The lowest BCUT2D eigenvalue weighted by molar-refractivity contribution is 0.100. The van der Waals surface area contributed by atoms with Crippen LogP contribution in [0.5, 0.6) is 11.5 Å². The number of primary amides is 1. The Morgan fingerprint density at radius 3 is 2.56 bits per heavy atom. The molecule has 0 bridgehead atoms. The van der Waals surface area contributed by atoms with Crippen LogP contribution in [0.25, 0.3) is 0 Å². The minimum absolute atomic E-state index is 0.243. The molecule has 0 radical (unpaired) electrons. The number of anilines is 1. The van der Waals surface area contributed by atoms with Crippen LogP contribution < -0.4 is 20.9 Å². The number of hydrogen-bond acceptors (Lipinski definition) is 4. The summed E-state index contributed by atoms with van der Waals surface area (Å²) in [6.07, 6.45) is 3.21. The first-order valence-corrected chi connectivity index (χ1v) is 6.00. The molecule has 100 valence electrons. The third-order valence-electron chi connectivity index (χ3n) is 2.61. The van der Waals surface area contributed by atoms with E-state index in [-0.39, 0.29) is 5.56 Å². The van der Waals surface area contributed by atoms with Gasteiger partial charge in [0.1, 0.15) is 0 Å². The van der Waals surface area contributed by atoms with Crippen LogP contribution in [0.2, 0.25) is 0 Å². The molecule has 4 N–H and O–H groups in total. The summed E-state index contributed by atoms with van der Waals surface area (Å²) in [5.74, 6) is 0.425. The second kappa shape index (κ2) is 6.74. The summed E-state index contributed by atoms with van der Waals surface area (Å²) in [7, 11) is 1.51. The summed E-state index contributed by atoms with van der Waals surface area (Å²) in [6.45, 7) is 2.72. The molecule has 0 saturated carbocycles. The average molecular weight is 252 g/mol. The molecule has 0 spiro atoms. The van der Waals surface area contributed by atoms with Gasteiger partial charge in [0.05, 0.1) is 19.3 Å². The van der Waals surface area contributed by atoms with Gasteiger partial charge in [-0.05, 0) is 12.5 Å². The minimum atomic E-state index is -0.580. The summed E-state index contributed by atoms with van der Waals surface area (Å²) in [6, 6.07) is 3.08. The van der Waals surface area contributed by atoms with E-state index in [9.17, 15) is 4.79 Å². The zero-order chi connectivity index (χ0) is 13.5. The number of carbonyl (C=O) groups excluding carboxylic acids is 1. The highest BCUT2D eigenvalue weighted by Crippen LogP contribution is 2.32. The van der Waals surface area contributed by atoms with Crippen molar-refractivity contribution in [2.45, 2.75) is 26.2 Å². The molecule has 0 aliphatic rings. The van der Waals surface area contributed by atoms with Gasteiger partial charge in [0.15, 0.2) is 11.5 Å². The summed E-state index contributed by atoms with van der Waals surface area (Å²) < 4.78 is 10.7. The van der Waals surface area contributed by atoms with Gasteiger partial charge in [-0.1, -0.05) is 19.8 Å². The van der Waals surface area contributed by atoms with Gasteiger partial charge in [-0.2, -0.15) is 0 Å². The summed E-state index contributed by atoms with van der Waals surface area (Å²) in [4.78, 5) is 11.1. The molecule has 0 fully saturated rings. The number of methoxy groups -OCH3 is 1. The number of amides is 1. The molecular formula is C13H20N2O3. The fourth-order valence-electron chi connectivity index (χ4n) is 1.60. The van der Waals surface area contributed by atoms with E-state index in [1.165, 1.54) is 13.2 Å². The van der Waals surface area contributed by atoms with Crippen LogP contribution in [0.3, 0.4) is 0 Å². The molecule has 1 rings (SSSR count). The Hall–Kier alpha value is -1.91. The molecule has 1 aromatic carbocycles. The van der Waals surface area contributed by atoms with Crippen LogP contribution in [0.1, 0.15) is 36.5 Å². The molecular weight excluding hydrogens is 232 g/mol. The standard InChI is InChI=1S/C13H20N2O3/c1-3-4-5-6-18-12-8-10(14)9(13(15)16)7-11(12)17-2/h7-8H,3-6,14H2,1-2H3,(H2,15,16). The van der Waals surface area contributed by atoms with E-state index in [4.69, 9.17) is 20.9 Å². The van der Waals surface area contributed by atoms with Gasteiger partial charge >= 0.3 is 0 Å². The van der Waals surface area contributed by atoms with Crippen molar-refractivity contribution in [1.82, 2.24) is 0 Å². The number of nitrogen functional groups attached to an aromatic ring is 1. The van der Waals surface area contributed by atoms with Gasteiger partial charge in [0.2, 0.25) is 0 Å². The van der Waals surface area contributed by atoms with Crippen LogP contribution >= 0.6 is 0 Å². The molecule has 0 unspecified atom stereocenters. The van der Waals surface area contributed by atoms with E-state index < -0.39 is 5.91 Å². The summed E-state index contributed by atoms with van der Waals surface area (Å²) in [5, 5.41) is 0.